The third-order valence-corrected chi connectivity index (χ3v) is 2.11. The van der Waals surface area contributed by atoms with Crippen LogP contribution in [-0.4, -0.2) is 5.91 Å². The SMILES string of the molecule is N#CCC(=O)Nc1cc(C(F)(F)F)cc(C(F)(F)F)c1. The van der Waals surface area contributed by atoms with Crippen molar-refractivity contribution in [2.75, 3.05) is 5.32 Å². The molecule has 3 nitrogen and oxygen atoms in total. The molecule has 0 aromatic heterocycles. The molecule has 1 aromatic carbocycles. The highest BCUT2D eigenvalue weighted by Gasteiger charge is 2.37. The Morgan fingerprint density at radius 2 is 1.50 bits per heavy atom. The minimum Gasteiger partial charge on any atom is -0.325 e. The molecule has 0 unspecified atom stereocenters. The Morgan fingerprint density at radius 1 is 1.05 bits per heavy atom. The highest BCUT2D eigenvalue weighted by Crippen LogP contribution is 2.37. The van der Waals surface area contributed by atoms with Gasteiger partial charge >= 0.3 is 12.4 Å². The fourth-order valence-electron chi connectivity index (χ4n) is 1.30. The topological polar surface area (TPSA) is 52.9 Å². The number of hydrogen-bond donors (Lipinski definition) is 1. The molecular formula is C11H6F6N2O. The number of carbonyl (C=O) groups is 1. The van der Waals surface area contributed by atoms with Crippen molar-refractivity contribution in [3.8, 4) is 6.07 Å². The number of rotatable bonds is 2. The Labute approximate surface area is 108 Å². The maximum Gasteiger partial charge on any atom is 0.416 e. The van der Waals surface area contributed by atoms with Gasteiger partial charge in [-0.15, -0.1) is 0 Å². The Kier molecular flexibility index (Phi) is 4.27. The minimum atomic E-state index is -4.99. The predicted molar refractivity (Wildman–Crippen MR) is 55.3 cm³/mol. The molecule has 0 heterocycles. The molecule has 1 amide bonds. The van der Waals surface area contributed by atoms with Gasteiger partial charge in [0.25, 0.3) is 0 Å². The molecular weight excluding hydrogens is 290 g/mol. The molecule has 20 heavy (non-hydrogen) atoms. The van der Waals surface area contributed by atoms with Crippen LogP contribution >= 0.6 is 0 Å². The van der Waals surface area contributed by atoms with Gasteiger partial charge in [0.15, 0.2) is 0 Å². The second kappa shape index (κ2) is 5.40. The average Bonchev–Trinajstić information content (AvgIpc) is 2.26. The zero-order valence-electron chi connectivity index (χ0n) is 9.56. The molecule has 0 saturated carbocycles. The van der Waals surface area contributed by atoms with Crippen LogP contribution in [0.4, 0.5) is 32.0 Å². The lowest BCUT2D eigenvalue weighted by Gasteiger charge is -2.14. The van der Waals surface area contributed by atoms with Gasteiger partial charge in [0, 0.05) is 5.69 Å². The van der Waals surface area contributed by atoms with E-state index in [0.717, 1.165) is 0 Å². The van der Waals surface area contributed by atoms with Gasteiger partial charge in [-0.1, -0.05) is 0 Å². The largest absolute Gasteiger partial charge is 0.416 e. The van der Waals surface area contributed by atoms with E-state index < -0.39 is 41.5 Å². The maximum atomic E-state index is 12.5. The van der Waals surface area contributed by atoms with Gasteiger partial charge in [-0.05, 0) is 18.2 Å². The van der Waals surface area contributed by atoms with Gasteiger partial charge in [-0.25, -0.2) is 0 Å². The van der Waals surface area contributed by atoms with Crippen molar-refractivity contribution in [2.24, 2.45) is 0 Å². The molecule has 108 valence electrons. The van der Waals surface area contributed by atoms with Crippen LogP contribution in [0.2, 0.25) is 0 Å². The molecule has 0 spiro atoms. The first-order valence-corrected chi connectivity index (χ1v) is 5.00. The summed E-state index contributed by atoms with van der Waals surface area (Å²) in [4.78, 5) is 11.0. The van der Waals surface area contributed by atoms with E-state index in [2.05, 4.69) is 0 Å². The van der Waals surface area contributed by atoms with Gasteiger partial charge in [0.05, 0.1) is 17.2 Å². The average molecular weight is 296 g/mol. The number of nitriles is 1. The summed E-state index contributed by atoms with van der Waals surface area (Å²) in [5, 5.41) is 10.0. The predicted octanol–water partition coefficient (Wildman–Crippen LogP) is 3.58. The first-order chi connectivity index (χ1) is 9.04. The Morgan fingerprint density at radius 3 is 1.85 bits per heavy atom. The molecule has 0 atom stereocenters. The van der Waals surface area contributed by atoms with Crippen molar-refractivity contribution in [3.63, 3.8) is 0 Å². The minimum absolute atomic E-state index is 0.0556. The number of alkyl halides is 6. The van der Waals surface area contributed by atoms with E-state index in [1.54, 1.807) is 5.32 Å². The summed E-state index contributed by atoms with van der Waals surface area (Å²) in [6.07, 6.45) is -10.7. The zero-order chi connectivity index (χ0) is 15.6. The van der Waals surface area contributed by atoms with E-state index in [1.165, 1.54) is 6.07 Å². The number of nitrogens with zero attached hydrogens (tertiary/aromatic N) is 1. The van der Waals surface area contributed by atoms with E-state index in [0.29, 0.717) is 12.1 Å². The monoisotopic (exact) mass is 296 g/mol. The molecule has 1 rings (SSSR count). The molecule has 0 aliphatic rings. The van der Waals surface area contributed by atoms with Gasteiger partial charge in [-0.2, -0.15) is 31.6 Å². The summed E-state index contributed by atoms with van der Waals surface area (Å²) in [5.74, 6) is -1.00. The number of amides is 1. The zero-order valence-corrected chi connectivity index (χ0v) is 9.56. The van der Waals surface area contributed by atoms with Crippen LogP contribution in [0.1, 0.15) is 17.5 Å². The molecule has 0 aliphatic carbocycles. The molecule has 0 fully saturated rings. The lowest BCUT2D eigenvalue weighted by atomic mass is 10.1. The lowest BCUT2D eigenvalue weighted by molar-refractivity contribution is -0.143. The van der Waals surface area contributed by atoms with Crippen LogP contribution in [0, 0.1) is 11.3 Å². The first kappa shape index (κ1) is 15.8. The summed E-state index contributed by atoms with van der Waals surface area (Å²) < 4.78 is 74.9. The van der Waals surface area contributed by atoms with Crippen LogP contribution in [-0.2, 0) is 17.1 Å². The van der Waals surface area contributed by atoms with Crippen molar-refractivity contribution >= 4 is 11.6 Å². The van der Waals surface area contributed by atoms with Gasteiger partial charge < -0.3 is 5.32 Å². The molecule has 0 saturated heterocycles. The fourth-order valence-corrected chi connectivity index (χ4v) is 1.30. The maximum absolute atomic E-state index is 12.5. The fraction of sp³-hybridized carbons (Fsp3) is 0.273. The van der Waals surface area contributed by atoms with Gasteiger partial charge in [0.2, 0.25) is 5.91 Å². The number of carbonyl (C=O) groups excluding carboxylic acids is 1. The second-order valence-corrected chi connectivity index (χ2v) is 3.68. The number of anilines is 1. The van der Waals surface area contributed by atoms with Crippen molar-refractivity contribution in [3.05, 3.63) is 29.3 Å². The van der Waals surface area contributed by atoms with Gasteiger partial charge in [0.1, 0.15) is 6.42 Å². The van der Waals surface area contributed by atoms with Crippen molar-refractivity contribution in [1.82, 2.24) is 0 Å². The molecule has 1 N–H and O–H groups in total. The first-order valence-electron chi connectivity index (χ1n) is 5.00. The van der Waals surface area contributed by atoms with E-state index in [4.69, 9.17) is 5.26 Å². The van der Waals surface area contributed by atoms with E-state index >= 15 is 0 Å². The molecule has 0 radical (unpaired) electrons. The summed E-state index contributed by atoms with van der Waals surface area (Å²) in [6, 6.07) is 2.10. The third-order valence-electron chi connectivity index (χ3n) is 2.11. The van der Waals surface area contributed by atoms with E-state index in [9.17, 15) is 31.1 Å². The molecule has 0 aliphatic heterocycles. The molecule has 1 aromatic rings. The number of nitrogens with one attached hydrogen (secondary N) is 1. The van der Waals surface area contributed by atoms with Crippen LogP contribution in [0.15, 0.2) is 18.2 Å². The summed E-state index contributed by atoms with van der Waals surface area (Å²) in [6.45, 7) is 0. The van der Waals surface area contributed by atoms with E-state index in [-0.39, 0.29) is 6.07 Å². The van der Waals surface area contributed by atoms with Crippen LogP contribution in [0.25, 0.3) is 0 Å². The normalized spacial score (nSPS) is 11.8. The molecule has 0 bridgehead atoms. The van der Waals surface area contributed by atoms with Crippen LogP contribution in [0.3, 0.4) is 0 Å². The smallest absolute Gasteiger partial charge is 0.325 e. The summed E-state index contributed by atoms with van der Waals surface area (Å²) in [7, 11) is 0. The highest BCUT2D eigenvalue weighted by molar-refractivity contribution is 5.92. The second-order valence-electron chi connectivity index (χ2n) is 3.68. The third kappa shape index (κ3) is 4.15. The number of benzene rings is 1. The number of halogens is 6. The summed E-state index contributed by atoms with van der Waals surface area (Å²) in [5.41, 5.74) is -3.76. The Hall–Kier alpha value is -2.24. The van der Waals surface area contributed by atoms with Crippen molar-refractivity contribution < 1.29 is 31.1 Å². The quantitative estimate of drug-likeness (QED) is 0.848. The Bertz CT molecular complexity index is 523. The highest BCUT2D eigenvalue weighted by atomic mass is 19.4. The summed E-state index contributed by atoms with van der Waals surface area (Å²) >= 11 is 0. The van der Waals surface area contributed by atoms with Crippen molar-refractivity contribution in [2.45, 2.75) is 18.8 Å². The molecule has 9 heteroatoms. The van der Waals surface area contributed by atoms with E-state index in [1.807, 2.05) is 0 Å². The standard InChI is InChI=1S/C11H6F6N2O/c12-10(13,14)6-3-7(11(15,16)17)5-8(4-6)19-9(20)1-2-18/h3-5H,1H2,(H,19,20). The lowest BCUT2D eigenvalue weighted by Crippen LogP contribution is -2.15. The van der Waals surface area contributed by atoms with Crippen LogP contribution < -0.4 is 5.32 Å². The van der Waals surface area contributed by atoms with Crippen LogP contribution in [0.5, 0.6) is 0 Å². The van der Waals surface area contributed by atoms with Gasteiger partial charge in [-0.3, -0.25) is 4.79 Å². The Balaban J connectivity index is 3.25. The number of hydrogen-bond acceptors (Lipinski definition) is 2. The van der Waals surface area contributed by atoms with Crippen molar-refractivity contribution in [1.29, 1.82) is 5.26 Å².